The van der Waals surface area contributed by atoms with Gasteiger partial charge in [-0.1, -0.05) is 42.0 Å². The first-order valence-corrected chi connectivity index (χ1v) is 8.12. The van der Waals surface area contributed by atoms with Crippen LogP contribution in [0.5, 0.6) is 0 Å². The number of benzene rings is 2. The third-order valence-corrected chi connectivity index (χ3v) is 4.70. The number of carbonyl (C=O) groups is 1. The van der Waals surface area contributed by atoms with E-state index in [1.807, 2.05) is 7.05 Å². The summed E-state index contributed by atoms with van der Waals surface area (Å²) in [5, 5.41) is 3.25. The molecule has 1 amide bonds. The molecule has 3 heteroatoms. The fraction of sp³-hybridized carbons (Fsp3) is 0.350. The van der Waals surface area contributed by atoms with Crippen molar-refractivity contribution in [1.82, 2.24) is 10.2 Å². The van der Waals surface area contributed by atoms with Crippen LogP contribution in [0, 0.1) is 20.8 Å². The summed E-state index contributed by atoms with van der Waals surface area (Å²) in [6.45, 7) is 6.93. The molecule has 1 heterocycles. The van der Waals surface area contributed by atoms with E-state index in [1.54, 1.807) is 4.90 Å². The highest BCUT2D eigenvalue weighted by molar-refractivity contribution is 5.80. The molecule has 1 saturated heterocycles. The van der Waals surface area contributed by atoms with Gasteiger partial charge in [0.15, 0.2) is 0 Å². The van der Waals surface area contributed by atoms with Crippen molar-refractivity contribution in [3.63, 3.8) is 0 Å². The van der Waals surface area contributed by atoms with E-state index in [0.29, 0.717) is 6.54 Å². The van der Waals surface area contributed by atoms with Gasteiger partial charge in [0.05, 0.1) is 12.7 Å². The second kappa shape index (κ2) is 6.17. The molecule has 1 aliphatic heterocycles. The van der Waals surface area contributed by atoms with Gasteiger partial charge in [-0.15, -0.1) is 0 Å². The third-order valence-electron chi connectivity index (χ3n) is 4.70. The van der Waals surface area contributed by atoms with E-state index >= 15 is 0 Å². The Kier molecular flexibility index (Phi) is 4.22. The summed E-state index contributed by atoms with van der Waals surface area (Å²) in [7, 11) is 1.86. The number of amides is 1. The molecule has 3 rings (SSSR count). The lowest BCUT2D eigenvalue weighted by Gasteiger charge is -2.19. The number of carbonyl (C=O) groups excluding carboxylic acids is 1. The Labute approximate surface area is 138 Å². The highest BCUT2D eigenvalue weighted by Crippen LogP contribution is 2.28. The minimum absolute atomic E-state index is 0.108. The van der Waals surface area contributed by atoms with Crippen molar-refractivity contribution in [3.05, 3.63) is 58.7 Å². The Balaban J connectivity index is 1.82. The van der Waals surface area contributed by atoms with E-state index in [1.165, 1.54) is 33.4 Å². The summed E-state index contributed by atoms with van der Waals surface area (Å²) in [6, 6.07) is 13.2. The molecule has 0 aromatic heterocycles. The molecule has 2 aromatic rings. The van der Waals surface area contributed by atoms with Crippen LogP contribution in [0.25, 0.3) is 11.1 Å². The molecular formula is C20H24N2O. The first kappa shape index (κ1) is 15.8. The van der Waals surface area contributed by atoms with Crippen LogP contribution in [0.3, 0.4) is 0 Å². The van der Waals surface area contributed by atoms with Crippen LogP contribution in [-0.2, 0) is 11.2 Å². The predicted molar refractivity (Wildman–Crippen MR) is 94.4 cm³/mol. The summed E-state index contributed by atoms with van der Waals surface area (Å²) < 4.78 is 0. The van der Waals surface area contributed by atoms with E-state index in [0.717, 1.165) is 6.42 Å². The minimum Gasteiger partial charge on any atom is -0.329 e. The lowest BCUT2D eigenvalue weighted by molar-refractivity contribution is -0.126. The van der Waals surface area contributed by atoms with Crippen LogP contribution in [0.4, 0.5) is 0 Å². The predicted octanol–water partition coefficient (Wildman–Crippen LogP) is 3.21. The molecule has 0 aliphatic carbocycles. The van der Waals surface area contributed by atoms with E-state index in [2.05, 4.69) is 62.5 Å². The SMILES string of the molecule is Cc1cc(C)c(-c2ccc(CC3NCC(=O)N3C)cc2)c(C)c1. The van der Waals surface area contributed by atoms with E-state index in [9.17, 15) is 4.79 Å². The van der Waals surface area contributed by atoms with Crippen LogP contribution >= 0.6 is 0 Å². The van der Waals surface area contributed by atoms with Crippen molar-refractivity contribution in [2.75, 3.05) is 13.6 Å². The fourth-order valence-electron chi connectivity index (χ4n) is 3.52. The number of aryl methyl sites for hydroxylation is 3. The van der Waals surface area contributed by atoms with Crippen LogP contribution < -0.4 is 5.32 Å². The van der Waals surface area contributed by atoms with Crippen LogP contribution in [0.2, 0.25) is 0 Å². The van der Waals surface area contributed by atoms with E-state index in [4.69, 9.17) is 0 Å². The molecule has 0 spiro atoms. The van der Waals surface area contributed by atoms with Crippen molar-refractivity contribution in [1.29, 1.82) is 0 Å². The second-order valence-electron chi connectivity index (χ2n) is 6.58. The number of hydrogen-bond donors (Lipinski definition) is 1. The van der Waals surface area contributed by atoms with Gasteiger partial charge in [-0.05, 0) is 48.6 Å². The summed E-state index contributed by atoms with van der Waals surface area (Å²) in [4.78, 5) is 13.4. The third kappa shape index (κ3) is 3.15. The Bertz CT molecular complexity index is 711. The zero-order valence-corrected chi connectivity index (χ0v) is 14.3. The average molecular weight is 308 g/mol. The molecule has 3 nitrogen and oxygen atoms in total. The molecule has 0 radical (unpaired) electrons. The highest BCUT2D eigenvalue weighted by Gasteiger charge is 2.26. The zero-order chi connectivity index (χ0) is 16.6. The summed E-state index contributed by atoms with van der Waals surface area (Å²) in [6.07, 6.45) is 0.949. The number of hydrogen-bond acceptors (Lipinski definition) is 2. The Hall–Kier alpha value is -2.13. The van der Waals surface area contributed by atoms with Gasteiger partial charge in [0.1, 0.15) is 0 Å². The maximum absolute atomic E-state index is 11.6. The molecule has 0 bridgehead atoms. The standard InChI is InChI=1S/C20H24N2O/c1-13-9-14(2)20(15(3)10-13)17-7-5-16(6-8-17)11-18-21-12-19(23)22(18)4/h5-10,18,21H,11-12H2,1-4H3. The van der Waals surface area contributed by atoms with Crippen molar-refractivity contribution < 1.29 is 4.79 Å². The summed E-state index contributed by atoms with van der Waals surface area (Å²) >= 11 is 0. The maximum Gasteiger partial charge on any atom is 0.237 e. The van der Waals surface area contributed by atoms with Crippen molar-refractivity contribution >= 4 is 5.91 Å². The van der Waals surface area contributed by atoms with Gasteiger partial charge in [-0.3, -0.25) is 10.1 Å². The maximum atomic E-state index is 11.6. The number of nitrogens with zero attached hydrogens (tertiary/aromatic N) is 1. The van der Waals surface area contributed by atoms with Gasteiger partial charge in [0, 0.05) is 13.5 Å². The van der Waals surface area contributed by atoms with Crippen LogP contribution in [0.15, 0.2) is 36.4 Å². The Morgan fingerprint density at radius 3 is 2.22 bits per heavy atom. The lowest BCUT2D eigenvalue weighted by atomic mass is 9.93. The quantitative estimate of drug-likeness (QED) is 0.944. The van der Waals surface area contributed by atoms with Crippen molar-refractivity contribution in [2.24, 2.45) is 0 Å². The van der Waals surface area contributed by atoms with E-state index in [-0.39, 0.29) is 12.1 Å². The number of likely N-dealkylation sites (N-methyl/N-ethyl adjacent to an activating group) is 1. The van der Waals surface area contributed by atoms with Gasteiger partial charge >= 0.3 is 0 Å². The topological polar surface area (TPSA) is 32.3 Å². The molecule has 1 aliphatic rings. The van der Waals surface area contributed by atoms with Gasteiger partial charge < -0.3 is 4.90 Å². The van der Waals surface area contributed by atoms with Crippen molar-refractivity contribution in [3.8, 4) is 11.1 Å². The molecule has 23 heavy (non-hydrogen) atoms. The fourth-order valence-corrected chi connectivity index (χ4v) is 3.52. The second-order valence-corrected chi connectivity index (χ2v) is 6.58. The normalized spacial score (nSPS) is 17.8. The van der Waals surface area contributed by atoms with E-state index < -0.39 is 0 Å². The smallest absolute Gasteiger partial charge is 0.237 e. The molecule has 2 aromatic carbocycles. The summed E-state index contributed by atoms with van der Waals surface area (Å²) in [5.74, 6) is 0.164. The molecule has 1 fully saturated rings. The summed E-state index contributed by atoms with van der Waals surface area (Å²) in [5.41, 5.74) is 7.77. The Morgan fingerprint density at radius 1 is 1.09 bits per heavy atom. The zero-order valence-electron chi connectivity index (χ0n) is 14.3. The molecule has 120 valence electrons. The monoisotopic (exact) mass is 308 g/mol. The van der Waals surface area contributed by atoms with Crippen LogP contribution in [-0.4, -0.2) is 30.6 Å². The first-order valence-electron chi connectivity index (χ1n) is 8.12. The molecule has 1 atom stereocenters. The molecule has 1 N–H and O–H groups in total. The lowest BCUT2D eigenvalue weighted by Crippen LogP contribution is -2.35. The van der Waals surface area contributed by atoms with Crippen molar-refractivity contribution in [2.45, 2.75) is 33.4 Å². The molecule has 1 unspecified atom stereocenters. The van der Waals surface area contributed by atoms with Gasteiger partial charge in [0.2, 0.25) is 5.91 Å². The van der Waals surface area contributed by atoms with Gasteiger partial charge in [-0.25, -0.2) is 0 Å². The first-order chi connectivity index (χ1) is 11.0. The minimum atomic E-state index is 0.108. The number of rotatable bonds is 3. The number of nitrogens with one attached hydrogen (secondary N) is 1. The van der Waals surface area contributed by atoms with Gasteiger partial charge in [0.25, 0.3) is 0 Å². The Morgan fingerprint density at radius 2 is 1.70 bits per heavy atom. The van der Waals surface area contributed by atoms with Gasteiger partial charge in [-0.2, -0.15) is 0 Å². The highest BCUT2D eigenvalue weighted by atomic mass is 16.2. The molecule has 0 saturated carbocycles. The molecular weight excluding hydrogens is 284 g/mol. The van der Waals surface area contributed by atoms with Crippen LogP contribution in [0.1, 0.15) is 22.3 Å². The average Bonchev–Trinajstić information content (AvgIpc) is 2.80. The largest absolute Gasteiger partial charge is 0.329 e.